The first-order chi connectivity index (χ1) is 8.22. The van der Waals surface area contributed by atoms with E-state index in [1.165, 1.54) is 0 Å². The van der Waals surface area contributed by atoms with Crippen molar-refractivity contribution in [3.05, 3.63) is 12.3 Å². The van der Waals surface area contributed by atoms with E-state index in [2.05, 4.69) is 15.7 Å². The van der Waals surface area contributed by atoms with Crippen LogP contribution in [0.15, 0.2) is 12.3 Å². The molecule has 0 saturated carbocycles. The number of rotatable bonds is 5. The number of nitrogens with two attached hydrogens (primary N) is 1. The van der Waals surface area contributed by atoms with Crippen LogP contribution in [-0.4, -0.2) is 34.8 Å². The zero-order valence-corrected chi connectivity index (χ0v) is 10.0. The molecule has 6 nitrogen and oxygen atoms in total. The van der Waals surface area contributed by atoms with E-state index in [0.717, 1.165) is 25.3 Å². The Morgan fingerprint density at radius 3 is 3.12 bits per heavy atom. The SMILES string of the molecule is CCCC(N)C(=O)Nc1ccnn1C1CNC1. The molecule has 17 heavy (non-hydrogen) atoms. The maximum Gasteiger partial charge on any atom is 0.242 e. The van der Waals surface area contributed by atoms with E-state index in [9.17, 15) is 4.79 Å². The van der Waals surface area contributed by atoms with E-state index in [1.54, 1.807) is 12.3 Å². The van der Waals surface area contributed by atoms with Gasteiger partial charge in [0, 0.05) is 19.2 Å². The second kappa shape index (κ2) is 5.29. The van der Waals surface area contributed by atoms with Gasteiger partial charge in [0.15, 0.2) is 0 Å². The number of aromatic nitrogens is 2. The minimum Gasteiger partial charge on any atom is -0.320 e. The van der Waals surface area contributed by atoms with E-state index in [-0.39, 0.29) is 5.91 Å². The van der Waals surface area contributed by atoms with Crippen molar-refractivity contribution in [3.63, 3.8) is 0 Å². The van der Waals surface area contributed by atoms with Crippen LogP contribution >= 0.6 is 0 Å². The van der Waals surface area contributed by atoms with Crippen LogP contribution in [0.1, 0.15) is 25.8 Å². The lowest BCUT2D eigenvalue weighted by atomic mass is 10.1. The molecular formula is C11H19N5O. The number of carbonyl (C=O) groups excluding carboxylic acids is 1. The topological polar surface area (TPSA) is 85.0 Å². The van der Waals surface area contributed by atoms with Crippen LogP contribution < -0.4 is 16.4 Å². The molecule has 94 valence electrons. The van der Waals surface area contributed by atoms with Crippen molar-refractivity contribution >= 4 is 11.7 Å². The van der Waals surface area contributed by atoms with Gasteiger partial charge in [-0.2, -0.15) is 5.10 Å². The molecule has 1 fully saturated rings. The van der Waals surface area contributed by atoms with Crippen LogP contribution in [0.2, 0.25) is 0 Å². The van der Waals surface area contributed by atoms with Crippen LogP contribution in [0, 0.1) is 0 Å². The summed E-state index contributed by atoms with van der Waals surface area (Å²) in [6.45, 7) is 3.80. The third kappa shape index (κ3) is 2.65. The lowest BCUT2D eigenvalue weighted by Crippen LogP contribution is -2.44. The Bertz CT molecular complexity index is 385. The standard InChI is InChI=1S/C11H19N5O/c1-2-3-9(12)11(17)15-10-4-5-14-16(10)8-6-13-7-8/h4-5,8-9,13H,2-3,6-7,12H2,1H3,(H,15,17). The highest BCUT2D eigenvalue weighted by Crippen LogP contribution is 2.17. The fraction of sp³-hybridized carbons (Fsp3) is 0.636. The summed E-state index contributed by atoms with van der Waals surface area (Å²) < 4.78 is 1.84. The molecule has 6 heteroatoms. The van der Waals surface area contributed by atoms with E-state index in [1.807, 2.05) is 11.6 Å². The fourth-order valence-electron chi connectivity index (χ4n) is 1.81. The molecule has 1 aromatic rings. The highest BCUT2D eigenvalue weighted by atomic mass is 16.2. The smallest absolute Gasteiger partial charge is 0.242 e. The van der Waals surface area contributed by atoms with Gasteiger partial charge in [0.1, 0.15) is 5.82 Å². The average Bonchev–Trinajstić information content (AvgIpc) is 2.64. The molecule has 0 aliphatic carbocycles. The van der Waals surface area contributed by atoms with Gasteiger partial charge in [-0.1, -0.05) is 13.3 Å². The molecule has 1 unspecified atom stereocenters. The Kier molecular flexibility index (Phi) is 3.75. The molecule has 0 spiro atoms. The summed E-state index contributed by atoms with van der Waals surface area (Å²) in [6.07, 6.45) is 3.30. The van der Waals surface area contributed by atoms with Crippen molar-refractivity contribution in [2.45, 2.75) is 31.8 Å². The first-order valence-electron chi connectivity index (χ1n) is 6.03. The summed E-state index contributed by atoms with van der Waals surface area (Å²) >= 11 is 0. The minimum absolute atomic E-state index is 0.138. The fourth-order valence-corrected chi connectivity index (χ4v) is 1.81. The monoisotopic (exact) mass is 237 g/mol. The van der Waals surface area contributed by atoms with E-state index in [0.29, 0.717) is 12.5 Å². The number of anilines is 1. The number of hydrogen-bond acceptors (Lipinski definition) is 4. The predicted octanol–water partition coefficient (Wildman–Crippen LogP) is 0.0933. The molecule has 1 aromatic heterocycles. The Balaban J connectivity index is 1.98. The van der Waals surface area contributed by atoms with Crippen molar-refractivity contribution in [1.29, 1.82) is 0 Å². The van der Waals surface area contributed by atoms with Crippen LogP contribution in [-0.2, 0) is 4.79 Å². The minimum atomic E-state index is -0.442. The molecule has 1 aliphatic rings. The lowest BCUT2D eigenvalue weighted by Gasteiger charge is -2.28. The van der Waals surface area contributed by atoms with Gasteiger partial charge in [-0.15, -0.1) is 0 Å². The molecule has 4 N–H and O–H groups in total. The highest BCUT2D eigenvalue weighted by Gasteiger charge is 2.23. The van der Waals surface area contributed by atoms with Gasteiger partial charge in [-0.3, -0.25) is 4.79 Å². The molecule has 2 heterocycles. The maximum absolute atomic E-state index is 11.8. The number of amides is 1. The van der Waals surface area contributed by atoms with Gasteiger partial charge in [0.25, 0.3) is 0 Å². The van der Waals surface area contributed by atoms with E-state index in [4.69, 9.17) is 5.73 Å². The largest absolute Gasteiger partial charge is 0.320 e. The average molecular weight is 237 g/mol. The van der Waals surface area contributed by atoms with Gasteiger partial charge in [-0.05, 0) is 6.42 Å². The second-order valence-electron chi connectivity index (χ2n) is 4.36. The quantitative estimate of drug-likeness (QED) is 0.677. The van der Waals surface area contributed by atoms with Gasteiger partial charge < -0.3 is 16.4 Å². The van der Waals surface area contributed by atoms with Gasteiger partial charge >= 0.3 is 0 Å². The molecule has 1 aliphatic heterocycles. The van der Waals surface area contributed by atoms with Crippen molar-refractivity contribution in [2.75, 3.05) is 18.4 Å². The van der Waals surface area contributed by atoms with Gasteiger partial charge in [0.05, 0.1) is 18.3 Å². The van der Waals surface area contributed by atoms with Crippen molar-refractivity contribution in [1.82, 2.24) is 15.1 Å². The molecule has 0 bridgehead atoms. The Labute approximate surface area is 101 Å². The van der Waals surface area contributed by atoms with Crippen LogP contribution in [0.3, 0.4) is 0 Å². The number of nitrogens with zero attached hydrogens (tertiary/aromatic N) is 2. The zero-order valence-electron chi connectivity index (χ0n) is 10.0. The summed E-state index contributed by atoms with van der Waals surface area (Å²) in [6, 6.07) is 1.69. The third-order valence-electron chi connectivity index (χ3n) is 2.96. The van der Waals surface area contributed by atoms with Gasteiger partial charge in [0.2, 0.25) is 5.91 Å². The van der Waals surface area contributed by atoms with Crippen LogP contribution in [0.4, 0.5) is 5.82 Å². The third-order valence-corrected chi connectivity index (χ3v) is 2.96. The number of nitrogens with one attached hydrogen (secondary N) is 2. The van der Waals surface area contributed by atoms with Crippen molar-refractivity contribution in [2.24, 2.45) is 5.73 Å². The Morgan fingerprint density at radius 2 is 2.53 bits per heavy atom. The molecule has 0 aromatic carbocycles. The summed E-state index contributed by atoms with van der Waals surface area (Å²) in [5.41, 5.74) is 5.76. The zero-order chi connectivity index (χ0) is 12.3. The van der Waals surface area contributed by atoms with Crippen LogP contribution in [0.5, 0.6) is 0 Å². The maximum atomic E-state index is 11.8. The van der Waals surface area contributed by atoms with Gasteiger partial charge in [-0.25, -0.2) is 4.68 Å². The summed E-state index contributed by atoms with van der Waals surface area (Å²) in [4.78, 5) is 11.8. The lowest BCUT2D eigenvalue weighted by molar-refractivity contribution is -0.117. The number of hydrogen-bond donors (Lipinski definition) is 3. The summed E-state index contributed by atoms with van der Waals surface area (Å²) in [7, 11) is 0. The summed E-state index contributed by atoms with van der Waals surface area (Å²) in [5, 5.41) is 10.2. The normalized spacial score (nSPS) is 17.5. The predicted molar refractivity (Wildman–Crippen MR) is 65.6 cm³/mol. The van der Waals surface area contributed by atoms with E-state index < -0.39 is 6.04 Å². The molecule has 0 radical (unpaired) electrons. The molecule has 1 amide bonds. The first-order valence-corrected chi connectivity index (χ1v) is 6.03. The molecule has 2 rings (SSSR count). The first kappa shape index (κ1) is 12.1. The summed E-state index contributed by atoms with van der Waals surface area (Å²) in [5.74, 6) is 0.592. The molecule has 1 saturated heterocycles. The van der Waals surface area contributed by atoms with Crippen molar-refractivity contribution in [3.8, 4) is 0 Å². The Hall–Kier alpha value is -1.40. The highest BCUT2D eigenvalue weighted by molar-refractivity contribution is 5.93. The van der Waals surface area contributed by atoms with Crippen LogP contribution in [0.25, 0.3) is 0 Å². The second-order valence-corrected chi connectivity index (χ2v) is 4.36. The number of carbonyl (C=O) groups is 1. The van der Waals surface area contributed by atoms with E-state index >= 15 is 0 Å². The Morgan fingerprint density at radius 1 is 1.76 bits per heavy atom. The molecule has 1 atom stereocenters. The molecular weight excluding hydrogens is 218 g/mol. The van der Waals surface area contributed by atoms with Crippen molar-refractivity contribution < 1.29 is 4.79 Å².